The Morgan fingerprint density at radius 1 is 1.55 bits per heavy atom. The van der Waals surface area contributed by atoms with Gasteiger partial charge in [0.1, 0.15) is 0 Å². The largest absolute Gasteiger partial charge is 0.465 e. The van der Waals surface area contributed by atoms with Crippen LogP contribution in [0.5, 0.6) is 0 Å². The Hall–Kier alpha value is -1.25. The third kappa shape index (κ3) is 5.21. The van der Waals surface area contributed by atoms with Crippen molar-refractivity contribution in [3.05, 3.63) is 23.8 Å². The Labute approximate surface area is 66.4 Å². The van der Waals surface area contributed by atoms with Gasteiger partial charge in [-0.25, -0.2) is 4.79 Å². The van der Waals surface area contributed by atoms with E-state index in [9.17, 15) is 4.79 Å². The van der Waals surface area contributed by atoms with E-state index in [0.29, 0.717) is 6.54 Å². The quantitative estimate of drug-likeness (QED) is 0.610. The maximum atomic E-state index is 10.1. The highest BCUT2D eigenvalue weighted by molar-refractivity contribution is 5.64. The number of rotatable bonds is 3. The molecule has 2 N–H and O–H groups in total. The molecule has 3 heteroatoms. The lowest BCUT2D eigenvalue weighted by Crippen LogP contribution is -2.22. The first-order chi connectivity index (χ1) is 5.20. The number of carbonyl (C=O) groups is 1. The van der Waals surface area contributed by atoms with Crippen molar-refractivity contribution in [1.29, 1.82) is 0 Å². The summed E-state index contributed by atoms with van der Waals surface area (Å²) in [6.45, 7) is 4.14. The number of nitrogens with one attached hydrogen (secondary N) is 1. The zero-order chi connectivity index (χ0) is 8.69. The lowest BCUT2D eigenvalue weighted by molar-refractivity contribution is 0.195. The number of allylic oxidation sites excluding steroid dienone is 2. The van der Waals surface area contributed by atoms with Gasteiger partial charge in [-0.2, -0.15) is 0 Å². The monoisotopic (exact) mass is 155 g/mol. The van der Waals surface area contributed by atoms with Gasteiger partial charge in [0, 0.05) is 6.54 Å². The van der Waals surface area contributed by atoms with E-state index in [0.717, 1.165) is 5.57 Å². The summed E-state index contributed by atoms with van der Waals surface area (Å²) in [5.41, 5.74) is 0.968. The minimum atomic E-state index is -0.992. The molecule has 0 saturated heterocycles. The summed E-state index contributed by atoms with van der Waals surface area (Å²) >= 11 is 0. The average Bonchev–Trinajstić information content (AvgIpc) is 1.97. The highest BCUT2D eigenvalue weighted by atomic mass is 16.4. The Morgan fingerprint density at radius 2 is 2.18 bits per heavy atom. The van der Waals surface area contributed by atoms with Crippen LogP contribution >= 0.6 is 0 Å². The van der Waals surface area contributed by atoms with Crippen molar-refractivity contribution in [2.24, 2.45) is 0 Å². The highest BCUT2D eigenvalue weighted by Gasteiger charge is 1.93. The summed E-state index contributed by atoms with van der Waals surface area (Å²) in [7, 11) is 0. The molecular formula is C8H13NO2. The average molecular weight is 155 g/mol. The second kappa shape index (κ2) is 5.53. The van der Waals surface area contributed by atoms with Gasteiger partial charge in [-0.15, -0.1) is 0 Å². The smallest absolute Gasteiger partial charge is 0.404 e. The fourth-order valence-corrected chi connectivity index (χ4v) is 0.649. The third-order valence-electron chi connectivity index (χ3n) is 1.20. The van der Waals surface area contributed by atoms with Crippen LogP contribution in [0.1, 0.15) is 13.8 Å². The second-order valence-corrected chi connectivity index (χ2v) is 2.02. The van der Waals surface area contributed by atoms with E-state index in [1.807, 2.05) is 32.1 Å². The lowest BCUT2D eigenvalue weighted by atomic mass is 10.2. The highest BCUT2D eigenvalue weighted by Crippen LogP contribution is 1.93. The number of amides is 1. The molecule has 0 bridgehead atoms. The van der Waals surface area contributed by atoms with E-state index in [2.05, 4.69) is 5.32 Å². The zero-order valence-electron chi connectivity index (χ0n) is 6.79. The SMILES string of the molecule is C/C=C\C(=C/C)CNC(=O)O. The standard InChI is InChI=1S/C8H13NO2/c1-3-5-7(4-2)6-9-8(10)11/h3-5,9H,6H2,1-2H3,(H,10,11)/b5-3-,7-4+. The summed E-state index contributed by atoms with van der Waals surface area (Å²) in [5.74, 6) is 0. The molecule has 0 atom stereocenters. The molecule has 0 aliphatic heterocycles. The topological polar surface area (TPSA) is 49.3 Å². The van der Waals surface area contributed by atoms with Crippen molar-refractivity contribution < 1.29 is 9.90 Å². The van der Waals surface area contributed by atoms with E-state index in [1.165, 1.54) is 0 Å². The molecule has 0 aromatic rings. The summed E-state index contributed by atoms with van der Waals surface area (Å²) in [6, 6.07) is 0. The van der Waals surface area contributed by atoms with Gasteiger partial charge >= 0.3 is 6.09 Å². The molecule has 0 aliphatic rings. The van der Waals surface area contributed by atoms with Gasteiger partial charge in [0.05, 0.1) is 0 Å². The molecule has 0 rings (SSSR count). The summed E-state index contributed by atoms with van der Waals surface area (Å²) in [4.78, 5) is 10.1. The van der Waals surface area contributed by atoms with Crippen molar-refractivity contribution >= 4 is 6.09 Å². The molecule has 0 radical (unpaired) electrons. The molecule has 62 valence electrons. The Morgan fingerprint density at radius 3 is 2.55 bits per heavy atom. The van der Waals surface area contributed by atoms with E-state index in [1.54, 1.807) is 0 Å². The van der Waals surface area contributed by atoms with Gasteiger partial charge < -0.3 is 10.4 Å². The molecular weight excluding hydrogens is 142 g/mol. The predicted molar refractivity (Wildman–Crippen MR) is 44.6 cm³/mol. The van der Waals surface area contributed by atoms with Crippen LogP contribution in [0.2, 0.25) is 0 Å². The van der Waals surface area contributed by atoms with Crippen molar-refractivity contribution in [3.8, 4) is 0 Å². The number of carboxylic acid groups (broad SMARTS) is 1. The first-order valence-corrected chi connectivity index (χ1v) is 3.45. The van der Waals surface area contributed by atoms with Crippen LogP contribution < -0.4 is 5.32 Å². The van der Waals surface area contributed by atoms with E-state index < -0.39 is 6.09 Å². The van der Waals surface area contributed by atoms with E-state index in [4.69, 9.17) is 5.11 Å². The Kier molecular flexibility index (Phi) is 4.90. The maximum Gasteiger partial charge on any atom is 0.404 e. The van der Waals surface area contributed by atoms with Gasteiger partial charge in [-0.1, -0.05) is 18.2 Å². The summed E-state index contributed by atoms with van der Waals surface area (Å²) < 4.78 is 0. The van der Waals surface area contributed by atoms with Crippen molar-refractivity contribution in [2.75, 3.05) is 6.54 Å². The molecule has 1 amide bonds. The molecule has 11 heavy (non-hydrogen) atoms. The Balaban J connectivity index is 3.81. The van der Waals surface area contributed by atoms with E-state index >= 15 is 0 Å². The van der Waals surface area contributed by atoms with Crippen molar-refractivity contribution in [3.63, 3.8) is 0 Å². The van der Waals surface area contributed by atoms with Crippen LogP contribution in [0, 0.1) is 0 Å². The van der Waals surface area contributed by atoms with Crippen LogP contribution in [-0.2, 0) is 0 Å². The lowest BCUT2D eigenvalue weighted by Gasteiger charge is -1.99. The third-order valence-corrected chi connectivity index (χ3v) is 1.20. The predicted octanol–water partition coefficient (Wildman–Crippen LogP) is 1.78. The molecule has 0 aliphatic carbocycles. The summed E-state index contributed by atoms with van der Waals surface area (Å²) in [6.07, 6.45) is 4.62. The number of hydrogen-bond acceptors (Lipinski definition) is 1. The fourth-order valence-electron chi connectivity index (χ4n) is 0.649. The first kappa shape index (κ1) is 9.75. The minimum absolute atomic E-state index is 0.371. The molecule has 0 heterocycles. The van der Waals surface area contributed by atoms with Gasteiger partial charge in [-0.05, 0) is 19.4 Å². The van der Waals surface area contributed by atoms with E-state index in [-0.39, 0.29) is 0 Å². The maximum absolute atomic E-state index is 10.1. The van der Waals surface area contributed by atoms with Gasteiger partial charge in [0.2, 0.25) is 0 Å². The van der Waals surface area contributed by atoms with Crippen LogP contribution in [0.3, 0.4) is 0 Å². The molecule has 0 aromatic heterocycles. The normalized spacial score (nSPS) is 12.0. The molecule has 0 aromatic carbocycles. The molecule has 0 spiro atoms. The van der Waals surface area contributed by atoms with Gasteiger partial charge in [-0.3, -0.25) is 0 Å². The first-order valence-electron chi connectivity index (χ1n) is 3.45. The summed E-state index contributed by atoms with van der Waals surface area (Å²) in [5, 5.41) is 10.5. The second-order valence-electron chi connectivity index (χ2n) is 2.02. The number of hydrogen-bond donors (Lipinski definition) is 2. The zero-order valence-corrected chi connectivity index (χ0v) is 6.79. The van der Waals surface area contributed by atoms with Crippen molar-refractivity contribution in [2.45, 2.75) is 13.8 Å². The molecule has 0 saturated carbocycles. The van der Waals surface area contributed by atoms with Gasteiger partial charge in [0.15, 0.2) is 0 Å². The fraction of sp³-hybridized carbons (Fsp3) is 0.375. The van der Waals surface area contributed by atoms with Crippen LogP contribution in [0.15, 0.2) is 23.8 Å². The van der Waals surface area contributed by atoms with Gasteiger partial charge in [0.25, 0.3) is 0 Å². The van der Waals surface area contributed by atoms with Crippen LogP contribution in [-0.4, -0.2) is 17.7 Å². The molecule has 0 fully saturated rings. The van der Waals surface area contributed by atoms with Crippen LogP contribution in [0.25, 0.3) is 0 Å². The Bertz CT molecular complexity index is 183. The van der Waals surface area contributed by atoms with Crippen LogP contribution in [0.4, 0.5) is 4.79 Å². The molecule has 3 nitrogen and oxygen atoms in total. The molecule has 0 unspecified atom stereocenters. The minimum Gasteiger partial charge on any atom is -0.465 e. The van der Waals surface area contributed by atoms with Crippen molar-refractivity contribution in [1.82, 2.24) is 5.32 Å².